The van der Waals surface area contributed by atoms with E-state index in [1.54, 1.807) is 36.1 Å². The molecule has 0 aliphatic carbocycles. The van der Waals surface area contributed by atoms with Crippen molar-refractivity contribution in [3.8, 4) is 0 Å². The van der Waals surface area contributed by atoms with Gasteiger partial charge < -0.3 is 14.7 Å². The Balaban J connectivity index is 2.30. The number of carbonyl (C=O) groups is 3. The molecule has 0 aromatic heterocycles. The zero-order valence-electron chi connectivity index (χ0n) is 12.5. The van der Waals surface area contributed by atoms with Gasteiger partial charge in [-0.1, -0.05) is 18.2 Å². The van der Waals surface area contributed by atoms with Crippen LogP contribution in [0.5, 0.6) is 0 Å². The van der Waals surface area contributed by atoms with E-state index in [0.717, 1.165) is 4.90 Å². The molecule has 118 valence electrons. The molecular formula is C15H18N2O5. The van der Waals surface area contributed by atoms with Crippen molar-refractivity contribution in [1.29, 1.82) is 0 Å². The number of likely N-dealkylation sites (N-methyl/N-ethyl adjacent to an activating group) is 1. The van der Waals surface area contributed by atoms with E-state index in [1.165, 1.54) is 7.05 Å². The minimum Gasteiger partial charge on any atom is -0.464 e. The summed E-state index contributed by atoms with van der Waals surface area (Å²) in [4.78, 5) is 38.0. The first-order chi connectivity index (χ1) is 10.5. The first kappa shape index (κ1) is 16.0. The number of amides is 2. The number of aliphatic hydroxyl groups excluding tert-OH is 1. The van der Waals surface area contributed by atoms with Gasteiger partial charge in [0.2, 0.25) is 11.8 Å². The normalized spacial score (nSPS) is 16.7. The van der Waals surface area contributed by atoms with Gasteiger partial charge >= 0.3 is 5.97 Å². The van der Waals surface area contributed by atoms with E-state index in [1.807, 2.05) is 0 Å². The van der Waals surface area contributed by atoms with Crippen molar-refractivity contribution in [2.45, 2.75) is 13.0 Å². The Morgan fingerprint density at radius 2 is 1.86 bits per heavy atom. The Morgan fingerprint density at radius 3 is 2.45 bits per heavy atom. The molecule has 1 aliphatic heterocycles. The third-order valence-electron chi connectivity index (χ3n) is 3.48. The third-order valence-corrected chi connectivity index (χ3v) is 3.48. The largest absolute Gasteiger partial charge is 0.464 e. The van der Waals surface area contributed by atoms with Gasteiger partial charge in [0.15, 0.2) is 6.10 Å². The highest BCUT2D eigenvalue weighted by Crippen LogP contribution is 2.28. The number of para-hydroxylation sites is 1. The summed E-state index contributed by atoms with van der Waals surface area (Å²) in [7, 11) is 1.43. The third kappa shape index (κ3) is 3.09. The molecule has 1 N–H and O–H groups in total. The first-order valence-corrected chi connectivity index (χ1v) is 6.93. The average Bonchev–Trinajstić information content (AvgIpc) is 2.51. The molecular weight excluding hydrogens is 288 g/mol. The minimum absolute atomic E-state index is 0.00873. The molecule has 1 aliphatic rings. The number of benzene rings is 1. The molecule has 1 unspecified atom stereocenters. The van der Waals surface area contributed by atoms with E-state index in [2.05, 4.69) is 0 Å². The van der Waals surface area contributed by atoms with Crippen molar-refractivity contribution in [3.05, 3.63) is 29.8 Å². The van der Waals surface area contributed by atoms with E-state index in [-0.39, 0.29) is 31.5 Å². The number of piperazine rings is 1. The summed E-state index contributed by atoms with van der Waals surface area (Å²) in [5.41, 5.74) is 0.781. The van der Waals surface area contributed by atoms with Crippen molar-refractivity contribution < 1.29 is 24.2 Å². The highest BCUT2D eigenvalue weighted by molar-refractivity contribution is 6.02. The molecule has 7 nitrogen and oxygen atoms in total. The summed E-state index contributed by atoms with van der Waals surface area (Å²) in [5, 5.41) is 10.1. The van der Waals surface area contributed by atoms with Gasteiger partial charge in [-0.3, -0.25) is 14.5 Å². The van der Waals surface area contributed by atoms with Gasteiger partial charge in [0.05, 0.1) is 19.7 Å². The minimum atomic E-state index is -1.46. The summed E-state index contributed by atoms with van der Waals surface area (Å²) in [6.07, 6.45) is -1.46. The molecule has 1 saturated heterocycles. The molecule has 1 aromatic rings. The molecule has 0 spiro atoms. The van der Waals surface area contributed by atoms with Crippen LogP contribution in [0, 0.1) is 0 Å². The molecule has 0 radical (unpaired) electrons. The van der Waals surface area contributed by atoms with Crippen molar-refractivity contribution in [3.63, 3.8) is 0 Å². The van der Waals surface area contributed by atoms with Crippen molar-refractivity contribution in [2.75, 3.05) is 31.6 Å². The molecule has 0 bridgehead atoms. The van der Waals surface area contributed by atoms with Gasteiger partial charge in [-0.2, -0.15) is 0 Å². The van der Waals surface area contributed by atoms with Crippen LogP contribution >= 0.6 is 0 Å². The van der Waals surface area contributed by atoms with Crippen LogP contribution < -0.4 is 4.90 Å². The fraction of sp³-hybridized carbons (Fsp3) is 0.400. The van der Waals surface area contributed by atoms with Crippen LogP contribution in [0.2, 0.25) is 0 Å². The molecule has 0 saturated carbocycles. The second-order valence-corrected chi connectivity index (χ2v) is 4.92. The van der Waals surface area contributed by atoms with Crippen LogP contribution in [0.3, 0.4) is 0 Å². The lowest BCUT2D eigenvalue weighted by Crippen LogP contribution is -2.52. The number of ether oxygens (including phenoxy) is 1. The van der Waals surface area contributed by atoms with Gasteiger partial charge in [0, 0.05) is 18.3 Å². The maximum Gasteiger partial charge on any atom is 0.339 e. The number of nitrogens with zero attached hydrogens (tertiary/aromatic N) is 2. The molecule has 1 aromatic carbocycles. The SMILES string of the molecule is CCOC(=O)C(O)c1ccccc1N1CC(=O)N(C)C(=O)C1. The fourth-order valence-electron chi connectivity index (χ4n) is 2.26. The lowest BCUT2D eigenvalue weighted by Gasteiger charge is -2.33. The molecule has 22 heavy (non-hydrogen) atoms. The van der Waals surface area contributed by atoms with Crippen LogP contribution in [0.1, 0.15) is 18.6 Å². The quantitative estimate of drug-likeness (QED) is 0.626. The Morgan fingerprint density at radius 1 is 1.27 bits per heavy atom. The van der Waals surface area contributed by atoms with Gasteiger partial charge in [0.1, 0.15) is 0 Å². The smallest absolute Gasteiger partial charge is 0.339 e. The monoisotopic (exact) mass is 306 g/mol. The van der Waals surface area contributed by atoms with E-state index >= 15 is 0 Å². The van der Waals surface area contributed by atoms with E-state index in [4.69, 9.17) is 4.74 Å². The van der Waals surface area contributed by atoms with Gasteiger partial charge in [-0.25, -0.2) is 4.79 Å². The molecule has 1 fully saturated rings. The second kappa shape index (κ2) is 6.57. The standard InChI is InChI=1S/C15H18N2O5/c1-3-22-15(21)14(20)10-6-4-5-7-11(10)17-8-12(18)16(2)13(19)9-17/h4-7,14,20H,3,8-9H2,1-2H3. The maximum absolute atomic E-state index is 11.8. The van der Waals surface area contributed by atoms with E-state index in [9.17, 15) is 19.5 Å². The first-order valence-electron chi connectivity index (χ1n) is 6.93. The van der Waals surface area contributed by atoms with Crippen LogP contribution in [0.15, 0.2) is 24.3 Å². The molecule has 1 atom stereocenters. The Labute approximate surface area is 128 Å². The molecule has 2 amide bonds. The van der Waals surface area contributed by atoms with Gasteiger partial charge in [0.25, 0.3) is 0 Å². The fourth-order valence-corrected chi connectivity index (χ4v) is 2.26. The predicted octanol–water partition coefficient (Wildman–Crippen LogP) is 0.0881. The highest BCUT2D eigenvalue weighted by atomic mass is 16.5. The molecule has 2 rings (SSSR count). The van der Waals surface area contributed by atoms with Crippen LogP contribution in [0.25, 0.3) is 0 Å². The van der Waals surface area contributed by atoms with Crippen molar-refractivity contribution >= 4 is 23.5 Å². The number of hydrogen-bond donors (Lipinski definition) is 1. The zero-order chi connectivity index (χ0) is 16.3. The number of esters is 1. The van der Waals surface area contributed by atoms with Crippen LogP contribution in [0.4, 0.5) is 5.69 Å². The summed E-state index contributed by atoms with van der Waals surface area (Å²) >= 11 is 0. The number of aliphatic hydroxyl groups is 1. The Kier molecular flexibility index (Phi) is 4.77. The van der Waals surface area contributed by atoms with Crippen molar-refractivity contribution in [2.24, 2.45) is 0 Å². The topological polar surface area (TPSA) is 87.2 Å². The summed E-state index contributed by atoms with van der Waals surface area (Å²) < 4.78 is 4.81. The second-order valence-electron chi connectivity index (χ2n) is 4.92. The number of rotatable bonds is 4. The van der Waals surface area contributed by atoms with Crippen molar-refractivity contribution in [1.82, 2.24) is 4.90 Å². The van der Waals surface area contributed by atoms with Gasteiger partial charge in [-0.15, -0.1) is 0 Å². The highest BCUT2D eigenvalue weighted by Gasteiger charge is 2.31. The number of hydrogen-bond acceptors (Lipinski definition) is 6. The molecule has 1 heterocycles. The molecule has 7 heteroatoms. The van der Waals surface area contributed by atoms with Crippen LogP contribution in [-0.2, 0) is 19.1 Å². The Hall–Kier alpha value is -2.41. The zero-order valence-corrected chi connectivity index (χ0v) is 12.5. The maximum atomic E-state index is 11.8. The van der Waals surface area contributed by atoms with Gasteiger partial charge in [-0.05, 0) is 13.0 Å². The summed E-state index contributed by atoms with van der Waals surface area (Å²) in [5.74, 6) is -1.44. The lowest BCUT2D eigenvalue weighted by atomic mass is 10.1. The average molecular weight is 306 g/mol. The summed E-state index contributed by atoms with van der Waals surface area (Å²) in [6, 6.07) is 6.61. The summed E-state index contributed by atoms with van der Waals surface area (Å²) in [6.45, 7) is 1.82. The Bertz CT molecular complexity index is 583. The van der Waals surface area contributed by atoms with E-state index in [0.29, 0.717) is 11.3 Å². The number of imide groups is 1. The lowest BCUT2D eigenvalue weighted by molar-refractivity contribution is -0.153. The van der Waals surface area contributed by atoms with E-state index < -0.39 is 12.1 Å². The number of anilines is 1. The predicted molar refractivity (Wildman–Crippen MR) is 78.0 cm³/mol. The van der Waals surface area contributed by atoms with Crippen LogP contribution in [-0.4, -0.2) is 54.5 Å². The number of carbonyl (C=O) groups excluding carboxylic acids is 3.